The first-order valence-electron chi connectivity index (χ1n) is 6.77. The topological polar surface area (TPSA) is 29.3 Å². The van der Waals surface area contributed by atoms with E-state index in [2.05, 4.69) is 10.3 Å². The fraction of sp³-hybridized carbons (Fsp3) is 0.267. The maximum absolute atomic E-state index is 14.2. The fourth-order valence-corrected chi connectivity index (χ4v) is 3.31. The van der Waals surface area contributed by atoms with Gasteiger partial charge in [-0.25, -0.2) is 9.37 Å². The van der Waals surface area contributed by atoms with Gasteiger partial charge >= 0.3 is 0 Å². The monoisotopic (exact) mass is 323 g/mol. The molecule has 3 nitrogen and oxygen atoms in total. The van der Waals surface area contributed by atoms with Crippen molar-refractivity contribution in [1.82, 2.24) is 14.7 Å². The summed E-state index contributed by atoms with van der Waals surface area (Å²) in [4.78, 5) is 5.51. The smallest absolute Gasteiger partial charge is 0.193 e. The minimum atomic E-state index is -0.355. The molecule has 0 saturated carbocycles. The number of fused-ring (bicyclic) bond motifs is 1. The molecule has 0 amide bonds. The van der Waals surface area contributed by atoms with Gasteiger partial charge in [0.25, 0.3) is 0 Å². The summed E-state index contributed by atoms with van der Waals surface area (Å²) in [5.41, 5.74) is 1.52. The average molecular weight is 324 g/mol. The summed E-state index contributed by atoms with van der Waals surface area (Å²) < 4.78 is 16.2. The van der Waals surface area contributed by atoms with E-state index in [0.717, 1.165) is 17.2 Å². The highest BCUT2D eigenvalue weighted by molar-refractivity contribution is 7.15. The van der Waals surface area contributed by atoms with Gasteiger partial charge in [0.1, 0.15) is 5.82 Å². The number of likely N-dealkylation sites (N-methyl/N-ethyl adjacent to an activating group) is 1. The second-order valence-corrected chi connectivity index (χ2v) is 6.06. The quantitative estimate of drug-likeness (QED) is 0.766. The van der Waals surface area contributed by atoms with E-state index < -0.39 is 0 Å². The van der Waals surface area contributed by atoms with Crippen LogP contribution in [0.4, 0.5) is 4.39 Å². The Balaban J connectivity index is 1.90. The third-order valence-electron chi connectivity index (χ3n) is 3.36. The highest BCUT2D eigenvalue weighted by Gasteiger charge is 2.18. The van der Waals surface area contributed by atoms with Gasteiger partial charge in [-0.15, -0.1) is 11.3 Å². The van der Waals surface area contributed by atoms with Crippen molar-refractivity contribution in [3.63, 3.8) is 0 Å². The van der Waals surface area contributed by atoms with Crippen LogP contribution in [0.3, 0.4) is 0 Å². The van der Waals surface area contributed by atoms with Crippen molar-refractivity contribution in [3.05, 3.63) is 58.1 Å². The molecule has 21 heavy (non-hydrogen) atoms. The van der Waals surface area contributed by atoms with E-state index in [1.165, 1.54) is 0 Å². The van der Waals surface area contributed by atoms with Crippen LogP contribution in [0.2, 0.25) is 5.02 Å². The van der Waals surface area contributed by atoms with Gasteiger partial charge in [-0.1, -0.05) is 30.7 Å². The summed E-state index contributed by atoms with van der Waals surface area (Å²) in [6, 6.07) is 4.97. The fourth-order valence-electron chi connectivity index (χ4n) is 2.41. The number of hydrogen-bond acceptors (Lipinski definition) is 3. The Morgan fingerprint density at radius 2 is 2.33 bits per heavy atom. The molecule has 1 N–H and O–H groups in total. The highest BCUT2D eigenvalue weighted by Crippen LogP contribution is 2.26. The first kappa shape index (κ1) is 14.5. The molecule has 110 valence electrons. The molecule has 3 rings (SSSR count). The van der Waals surface area contributed by atoms with Gasteiger partial charge in [-0.3, -0.25) is 4.40 Å². The van der Waals surface area contributed by atoms with Crippen LogP contribution >= 0.6 is 22.9 Å². The molecule has 0 radical (unpaired) electrons. The Morgan fingerprint density at radius 1 is 1.48 bits per heavy atom. The molecule has 1 atom stereocenters. The van der Waals surface area contributed by atoms with E-state index in [1.54, 1.807) is 29.5 Å². The van der Waals surface area contributed by atoms with Crippen LogP contribution in [0.25, 0.3) is 4.96 Å². The lowest BCUT2D eigenvalue weighted by Crippen LogP contribution is -2.24. The van der Waals surface area contributed by atoms with E-state index >= 15 is 0 Å². The van der Waals surface area contributed by atoms with Gasteiger partial charge in [0.2, 0.25) is 0 Å². The molecule has 1 aromatic carbocycles. The maximum Gasteiger partial charge on any atom is 0.193 e. The molecule has 2 heterocycles. The molecular formula is C15H15ClFN3S. The van der Waals surface area contributed by atoms with Crippen LogP contribution in [0.15, 0.2) is 36.0 Å². The molecule has 0 aliphatic heterocycles. The van der Waals surface area contributed by atoms with Gasteiger partial charge in [0.15, 0.2) is 4.96 Å². The first-order valence-corrected chi connectivity index (χ1v) is 8.03. The summed E-state index contributed by atoms with van der Waals surface area (Å²) in [6.45, 7) is 2.75. The summed E-state index contributed by atoms with van der Waals surface area (Å²) in [6.07, 6.45) is 4.58. The number of imidazole rings is 1. The van der Waals surface area contributed by atoms with Crippen LogP contribution in [-0.4, -0.2) is 15.9 Å². The third-order valence-corrected chi connectivity index (χ3v) is 4.43. The standard InChI is InChI=1S/C15H15ClFN3S/c1-2-18-13(11-4-3-5-12(16)14(11)17)8-10-9-20-6-7-21-15(20)19-10/h3-7,9,13,18H,2,8H2,1H3. The summed E-state index contributed by atoms with van der Waals surface area (Å²) in [5, 5.41) is 5.45. The van der Waals surface area contributed by atoms with Crippen molar-refractivity contribution in [3.8, 4) is 0 Å². The second-order valence-electron chi connectivity index (χ2n) is 4.78. The zero-order valence-electron chi connectivity index (χ0n) is 11.5. The van der Waals surface area contributed by atoms with Gasteiger partial charge in [0, 0.05) is 35.8 Å². The summed E-state index contributed by atoms with van der Waals surface area (Å²) in [7, 11) is 0. The Bertz CT molecular complexity index is 724. The minimum Gasteiger partial charge on any atom is -0.310 e. The number of nitrogens with one attached hydrogen (secondary N) is 1. The molecule has 0 spiro atoms. The number of benzene rings is 1. The van der Waals surface area contributed by atoms with Crippen LogP contribution in [0.5, 0.6) is 0 Å². The van der Waals surface area contributed by atoms with Crippen LogP contribution in [0, 0.1) is 5.82 Å². The predicted octanol–water partition coefficient (Wildman–Crippen LogP) is 4.08. The number of rotatable bonds is 5. The molecule has 3 aromatic rings. The van der Waals surface area contributed by atoms with E-state index in [0.29, 0.717) is 12.0 Å². The first-order chi connectivity index (χ1) is 10.2. The Hall–Kier alpha value is -1.43. The van der Waals surface area contributed by atoms with Crippen molar-refractivity contribution in [2.45, 2.75) is 19.4 Å². The predicted molar refractivity (Wildman–Crippen MR) is 84.6 cm³/mol. The molecule has 1 unspecified atom stereocenters. The van der Waals surface area contributed by atoms with Crippen LogP contribution < -0.4 is 5.32 Å². The molecule has 0 saturated heterocycles. The second kappa shape index (κ2) is 6.13. The third kappa shape index (κ3) is 2.95. The molecular weight excluding hydrogens is 309 g/mol. The average Bonchev–Trinajstić information content (AvgIpc) is 3.02. The van der Waals surface area contributed by atoms with Crippen molar-refractivity contribution >= 4 is 27.9 Å². The zero-order valence-corrected chi connectivity index (χ0v) is 13.1. The van der Waals surface area contributed by atoms with Gasteiger partial charge in [-0.2, -0.15) is 0 Å². The van der Waals surface area contributed by atoms with Gasteiger partial charge in [0.05, 0.1) is 10.7 Å². The molecule has 0 fully saturated rings. The molecule has 6 heteroatoms. The van der Waals surface area contributed by atoms with Crippen molar-refractivity contribution in [1.29, 1.82) is 0 Å². The van der Waals surface area contributed by atoms with Crippen molar-refractivity contribution in [2.24, 2.45) is 0 Å². The molecule has 0 aliphatic carbocycles. The van der Waals surface area contributed by atoms with E-state index in [1.807, 2.05) is 29.1 Å². The van der Waals surface area contributed by atoms with E-state index in [4.69, 9.17) is 11.6 Å². The number of aromatic nitrogens is 2. The number of thiazole rings is 1. The molecule has 0 bridgehead atoms. The Kier molecular flexibility index (Phi) is 4.24. The lowest BCUT2D eigenvalue weighted by Gasteiger charge is -2.18. The Morgan fingerprint density at radius 3 is 3.10 bits per heavy atom. The number of nitrogens with zero attached hydrogens (tertiary/aromatic N) is 2. The summed E-state index contributed by atoms with van der Waals surface area (Å²) in [5.74, 6) is -0.355. The van der Waals surface area contributed by atoms with E-state index in [9.17, 15) is 4.39 Å². The summed E-state index contributed by atoms with van der Waals surface area (Å²) >= 11 is 7.47. The van der Waals surface area contributed by atoms with Crippen molar-refractivity contribution in [2.75, 3.05) is 6.54 Å². The highest BCUT2D eigenvalue weighted by atomic mass is 35.5. The van der Waals surface area contributed by atoms with Crippen LogP contribution in [0.1, 0.15) is 24.2 Å². The molecule has 2 aromatic heterocycles. The molecule has 0 aliphatic rings. The van der Waals surface area contributed by atoms with E-state index in [-0.39, 0.29) is 16.9 Å². The SMILES string of the molecule is CCNC(Cc1cn2ccsc2n1)c1cccc(Cl)c1F. The minimum absolute atomic E-state index is 0.140. The van der Waals surface area contributed by atoms with Gasteiger partial charge in [-0.05, 0) is 12.6 Å². The maximum atomic E-state index is 14.2. The number of halogens is 2. The van der Waals surface area contributed by atoms with Gasteiger partial charge < -0.3 is 5.32 Å². The largest absolute Gasteiger partial charge is 0.310 e. The zero-order chi connectivity index (χ0) is 14.8. The van der Waals surface area contributed by atoms with Crippen LogP contribution in [-0.2, 0) is 6.42 Å². The lowest BCUT2D eigenvalue weighted by atomic mass is 10.0. The number of hydrogen-bond donors (Lipinski definition) is 1. The lowest BCUT2D eigenvalue weighted by molar-refractivity contribution is 0.507. The van der Waals surface area contributed by atoms with Crippen molar-refractivity contribution < 1.29 is 4.39 Å². The normalized spacial score (nSPS) is 12.9. The Labute approximate surface area is 131 Å².